The van der Waals surface area contributed by atoms with Gasteiger partial charge in [-0.3, -0.25) is 5.32 Å². The highest BCUT2D eigenvalue weighted by Crippen LogP contribution is 2.23. The molecular weight excluding hydrogens is 325 g/mol. The van der Waals surface area contributed by atoms with Crippen molar-refractivity contribution < 1.29 is 29.6 Å². The number of carboxylic acids is 1. The van der Waals surface area contributed by atoms with Gasteiger partial charge < -0.3 is 20.1 Å². The van der Waals surface area contributed by atoms with Gasteiger partial charge in [0.2, 0.25) is 5.60 Å². The monoisotopic (exact) mass is 337 g/mol. The van der Waals surface area contributed by atoms with E-state index in [1.165, 1.54) is 18.2 Å². The highest BCUT2D eigenvalue weighted by Gasteiger charge is 2.44. The van der Waals surface area contributed by atoms with Crippen molar-refractivity contribution in [2.75, 3.05) is 11.9 Å². The van der Waals surface area contributed by atoms with Crippen molar-refractivity contribution >= 4 is 41.0 Å². The Morgan fingerprint density at radius 3 is 2.29 bits per heavy atom. The van der Waals surface area contributed by atoms with E-state index in [4.69, 9.17) is 38.2 Å². The van der Waals surface area contributed by atoms with Crippen LogP contribution in [-0.4, -0.2) is 45.7 Å². The molecule has 0 aliphatic rings. The van der Waals surface area contributed by atoms with Crippen LogP contribution >= 0.6 is 23.2 Å². The van der Waals surface area contributed by atoms with E-state index in [1.807, 2.05) is 0 Å². The second kappa shape index (κ2) is 6.95. The molecule has 1 rings (SSSR count). The second-order valence-corrected chi connectivity index (χ2v) is 5.16. The molecule has 0 saturated carbocycles. The molecule has 1 aromatic rings. The molecule has 0 spiro atoms. The SMILES string of the molecule is CC(OC(=O)Nc1cc(Cl)cc(Cl)c1)(C(=O)O)C(O)CO. The van der Waals surface area contributed by atoms with Crippen LogP contribution in [-0.2, 0) is 9.53 Å². The first kappa shape index (κ1) is 17.5. The lowest BCUT2D eigenvalue weighted by atomic mass is 10.00. The Morgan fingerprint density at radius 2 is 1.86 bits per heavy atom. The van der Waals surface area contributed by atoms with Gasteiger partial charge in [0.05, 0.1) is 6.61 Å². The van der Waals surface area contributed by atoms with Crippen LogP contribution in [0.3, 0.4) is 0 Å². The van der Waals surface area contributed by atoms with E-state index in [-0.39, 0.29) is 15.7 Å². The number of ether oxygens (including phenoxy) is 1. The molecule has 2 atom stereocenters. The largest absolute Gasteiger partial charge is 0.478 e. The number of amides is 1. The lowest BCUT2D eigenvalue weighted by Crippen LogP contribution is -2.52. The van der Waals surface area contributed by atoms with Gasteiger partial charge in [0.25, 0.3) is 0 Å². The zero-order valence-electron chi connectivity index (χ0n) is 10.8. The Morgan fingerprint density at radius 1 is 1.33 bits per heavy atom. The van der Waals surface area contributed by atoms with Crippen LogP contribution in [0.1, 0.15) is 6.92 Å². The number of carbonyl (C=O) groups is 2. The fourth-order valence-corrected chi connectivity index (χ4v) is 1.92. The van der Waals surface area contributed by atoms with E-state index >= 15 is 0 Å². The molecule has 4 N–H and O–H groups in total. The van der Waals surface area contributed by atoms with Gasteiger partial charge in [0.15, 0.2) is 0 Å². The molecule has 0 bridgehead atoms. The van der Waals surface area contributed by atoms with E-state index in [1.54, 1.807) is 0 Å². The molecule has 21 heavy (non-hydrogen) atoms. The summed E-state index contributed by atoms with van der Waals surface area (Å²) in [5.74, 6) is -1.61. The molecule has 0 fully saturated rings. The molecule has 0 aliphatic carbocycles. The predicted octanol–water partition coefficient (Wildman–Crippen LogP) is 1.74. The topological polar surface area (TPSA) is 116 Å². The Kier molecular flexibility index (Phi) is 5.79. The molecule has 0 saturated heterocycles. The molecule has 0 heterocycles. The smallest absolute Gasteiger partial charge is 0.412 e. The number of aliphatic carboxylic acids is 1. The summed E-state index contributed by atoms with van der Waals surface area (Å²) in [6.45, 7) is 0.0693. The predicted molar refractivity (Wildman–Crippen MR) is 75.7 cm³/mol. The van der Waals surface area contributed by atoms with Crippen LogP contribution < -0.4 is 5.32 Å². The average molecular weight is 338 g/mol. The van der Waals surface area contributed by atoms with Crippen LogP contribution in [0.15, 0.2) is 18.2 Å². The summed E-state index contributed by atoms with van der Waals surface area (Å²) in [5, 5.41) is 30.1. The zero-order valence-corrected chi connectivity index (χ0v) is 12.4. The maximum absolute atomic E-state index is 11.7. The Hall–Kier alpha value is -1.54. The number of carboxylic acid groups (broad SMARTS) is 1. The normalized spacial score (nSPS) is 14.9. The third-order valence-electron chi connectivity index (χ3n) is 2.65. The first-order valence-corrected chi connectivity index (χ1v) is 6.43. The number of nitrogens with one attached hydrogen (secondary N) is 1. The molecule has 0 radical (unpaired) electrons. The van der Waals surface area contributed by atoms with Gasteiger partial charge in [-0.05, 0) is 25.1 Å². The van der Waals surface area contributed by atoms with E-state index in [0.29, 0.717) is 0 Å². The third kappa shape index (κ3) is 4.47. The summed E-state index contributed by atoms with van der Waals surface area (Å²) in [6, 6.07) is 4.18. The number of halogens is 2. The maximum atomic E-state index is 11.7. The van der Waals surface area contributed by atoms with Crippen molar-refractivity contribution in [2.24, 2.45) is 0 Å². The fourth-order valence-electron chi connectivity index (χ4n) is 1.39. The lowest BCUT2D eigenvalue weighted by Gasteiger charge is -2.28. The molecule has 1 amide bonds. The van der Waals surface area contributed by atoms with E-state index < -0.39 is 30.4 Å². The number of hydrogen-bond donors (Lipinski definition) is 4. The second-order valence-electron chi connectivity index (χ2n) is 4.28. The van der Waals surface area contributed by atoms with Crippen LogP contribution in [0.5, 0.6) is 0 Å². The van der Waals surface area contributed by atoms with Gasteiger partial charge in [-0.15, -0.1) is 0 Å². The van der Waals surface area contributed by atoms with Crippen molar-refractivity contribution in [2.45, 2.75) is 18.6 Å². The third-order valence-corrected chi connectivity index (χ3v) is 3.08. The van der Waals surface area contributed by atoms with Crippen LogP contribution in [0.25, 0.3) is 0 Å². The molecule has 0 aliphatic heterocycles. The quantitative estimate of drug-likeness (QED) is 0.650. The minimum atomic E-state index is -2.30. The molecule has 116 valence electrons. The van der Waals surface area contributed by atoms with Crippen LogP contribution in [0.2, 0.25) is 10.0 Å². The number of aliphatic hydroxyl groups excluding tert-OH is 2. The summed E-state index contributed by atoms with van der Waals surface area (Å²) in [4.78, 5) is 22.8. The van der Waals surface area contributed by atoms with Gasteiger partial charge in [0, 0.05) is 15.7 Å². The maximum Gasteiger partial charge on any atom is 0.412 e. The molecule has 1 aromatic carbocycles. The number of anilines is 1. The minimum absolute atomic E-state index is 0.184. The average Bonchev–Trinajstić information content (AvgIpc) is 2.35. The lowest BCUT2D eigenvalue weighted by molar-refractivity contribution is -0.170. The first-order chi connectivity index (χ1) is 9.68. The zero-order chi connectivity index (χ0) is 16.2. The van der Waals surface area contributed by atoms with Crippen molar-refractivity contribution in [1.29, 1.82) is 0 Å². The molecular formula is C12H13Cl2NO6. The summed E-state index contributed by atoms with van der Waals surface area (Å²) in [7, 11) is 0. The molecule has 0 aromatic heterocycles. The standard InChI is InChI=1S/C12H13Cl2NO6/c1-12(10(18)19,9(17)5-16)21-11(20)15-8-3-6(13)2-7(14)4-8/h2-4,9,16-17H,5H2,1H3,(H,15,20)(H,18,19). The number of hydrogen-bond acceptors (Lipinski definition) is 5. The van der Waals surface area contributed by atoms with Gasteiger partial charge in [-0.25, -0.2) is 9.59 Å². The number of rotatable bonds is 5. The number of benzene rings is 1. The molecule has 9 heteroatoms. The van der Waals surface area contributed by atoms with Crippen molar-refractivity contribution in [3.63, 3.8) is 0 Å². The molecule has 2 unspecified atom stereocenters. The summed E-state index contributed by atoms with van der Waals surface area (Å²) < 4.78 is 4.69. The van der Waals surface area contributed by atoms with Crippen molar-refractivity contribution in [3.8, 4) is 0 Å². The highest BCUT2D eigenvalue weighted by molar-refractivity contribution is 6.35. The minimum Gasteiger partial charge on any atom is -0.478 e. The summed E-state index contributed by atoms with van der Waals surface area (Å²) in [6.07, 6.45) is -2.94. The Labute approximate surface area is 130 Å². The number of carbonyl (C=O) groups excluding carboxylic acids is 1. The highest BCUT2D eigenvalue weighted by atomic mass is 35.5. The Bertz CT molecular complexity index is 532. The first-order valence-electron chi connectivity index (χ1n) is 5.67. The Balaban J connectivity index is 2.86. The van der Waals surface area contributed by atoms with Gasteiger partial charge in [-0.1, -0.05) is 23.2 Å². The van der Waals surface area contributed by atoms with Crippen molar-refractivity contribution in [1.82, 2.24) is 0 Å². The van der Waals surface area contributed by atoms with Gasteiger partial charge in [-0.2, -0.15) is 0 Å². The molecule has 7 nitrogen and oxygen atoms in total. The summed E-state index contributed by atoms with van der Waals surface area (Å²) >= 11 is 11.5. The van der Waals surface area contributed by atoms with Crippen LogP contribution in [0.4, 0.5) is 10.5 Å². The van der Waals surface area contributed by atoms with E-state index in [9.17, 15) is 14.7 Å². The van der Waals surface area contributed by atoms with Gasteiger partial charge in [0.1, 0.15) is 6.10 Å². The van der Waals surface area contributed by atoms with Crippen LogP contribution in [0, 0.1) is 0 Å². The van der Waals surface area contributed by atoms with E-state index in [2.05, 4.69) is 5.32 Å². The van der Waals surface area contributed by atoms with E-state index in [0.717, 1.165) is 6.92 Å². The van der Waals surface area contributed by atoms with Crippen molar-refractivity contribution in [3.05, 3.63) is 28.2 Å². The summed E-state index contributed by atoms with van der Waals surface area (Å²) in [5.41, 5.74) is -2.12. The van der Waals surface area contributed by atoms with Gasteiger partial charge >= 0.3 is 12.1 Å². The fraction of sp³-hybridized carbons (Fsp3) is 0.333. The number of aliphatic hydroxyl groups is 2.